The SMILES string of the molecule is CC[C@@]12CC(C(=O)OC)=C3Nc4c(cc(O)c(OC)c4OC)[C@@]34CCN([C@H](/C=C/C3=COC[C@@H]5[C@H]3C[C@H]3c6c(c7ccccc7n6C)C[C@@H]5N3C)[C@H]3O[C@H]31)[C@@H]24. The fourth-order valence-corrected chi connectivity index (χ4v) is 13.2. The summed E-state index contributed by atoms with van der Waals surface area (Å²) in [6.45, 7) is 3.78. The summed E-state index contributed by atoms with van der Waals surface area (Å²) in [4.78, 5) is 19.0. The second-order valence-corrected chi connectivity index (χ2v) is 17.2. The highest BCUT2D eigenvalue weighted by Gasteiger charge is 2.76. The Labute approximate surface area is 321 Å². The average molecular weight is 747 g/mol. The number of ether oxygens (including phenoxy) is 5. The third-order valence-corrected chi connectivity index (χ3v) is 15.5. The maximum Gasteiger partial charge on any atom is 0.335 e. The van der Waals surface area contributed by atoms with Crippen molar-refractivity contribution >= 4 is 22.6 Å². The van der Waals surface area contributed by atoms with Gasteiger partial charge in [-0.05, 0) is 73.9 Å². The Bertz CT molecular complexity index is 2280. The predicted molar refractivity (Wildman–Crippen MR) is 206 cm³/mol. The fraction of sp³-hybridized carbons (Fsp3) is 0.523. The molecule has 11 heteroatoms. The van der Waals surface area contributed by atoms with Crippen LogP contribution in [0.25, 0.3) is 10.9 Å². The standard InChI is InChI=1S/C44H50N4O7/c1-7-43-19-26(41(50)53-6)39-44(28-18-33(49)37(51-4)38(52-5)34(28)45-39)14-15-48(42(43)44)30(36-40(43)55-36)13-12-22-20-54-21-27-24(22)16-32-35-25(17-31(27)46(32)2)23-10-8-9-11-29(23)47(35)3/h8-13,18,20,24,27,30-32,36,40,42,45,49H,7,14-17,19,21H2,1-6H3/b13-12+/t24-,27+,30+,31-,32-,36+,40+,42-,43+,44-/m0/s1. The van der Waals surface area contributed by atoms with Crippen LogP contribution in [0.4, 0.5) is 5.69 Å². The lowest BCUT2D eigenvalue weighted by atomic mass is 9.53. The zero-order valence-corrected chi connectivity index (χ0v) is 32.4. The van der Waals surface area contributed by atoms with Crippen LogP contribution in [0.15, 0.2) is 65.6 Å². The number of allylic oxidation sites excluding steroid dienone is 2. The highest BCUT2D eigenvalue weighted by Crippen LogP contribution is 2.71. The van der Waals surface area contributed by atoms with E-state index < -0.39 is 5.41 Å². The molecule has 0 radical (unpaired) electrons. The molecule has 4 saturated heterocycles. The van der Waals surface area contributed by atoms with Crippen molar-refractivity contribution in [2.75, 3.05) is 46.8 Å². The van der Waals surface area contributed by atoms with Crippen molar-refractivity contribution in [1.82, 2.24) is 14.4 Å². The number of esters is 1. The monoisotopic (exact) mass is 746 g/mol. The summed E-state index contributed by atoms with van der Waals surface area (Å²) >= 11 is 0. The maximum atomic E-state index is 13.7. The van der Waals surface area contributed by atoms with Gasteiger partial charge in [0.2, 0.25) is 5.75 Å². The van der Waals surface area contributed by atoms with Crippen LogP contribution in [0.1, 0.15) is 55.5 Å². The topological polar surface area (TPSA) is 110 Å². The smallest absolute Gasteiger partial charge is 0.335 e. The van der Waals surface area contributed by atoms with Crippen LogP contribution in [0, 0.1) is 17.3 Å². The van der Waals surface area contributed by atoms with Gasteiger partial charge in [-0.1, -0.05) is 37.3 Å². The quantitative estimate of drug-likeness (QED) is 0.185. The number of aromatic hydroxyl groups is 1. The molecule has 2 aromatic carbocycles. The number of methoxy groups -OCH3 is 3. The van der Waals surface area contributed by atoms with Crippen molar-refractivity contribution < 1.29 is 33.6 Å². The number of nitrogens with one attached hydrogen (secondary N) is 1. The summed E-state index contributed by atoms with van der Waals surface area (Å²) in [6, 6.07) is 11.5. The number of para-hydroxylation sites is 1. The number of phenols is 1. The van der Waals surface area contributed by atoms with Crippen molar-refractivity contribution in [2.45, 2.75) is 80.8 Å². The molecular formula is C44H50N4O7. The number of aryl methyl sites for hydroxylation is 1. The summed E-state index contributed by atoms with van der Waals surface area (Å²) in [5, 5.41) is 16.4. The number of likely N-dealkylation sites (N-methyl/N-ethyl adjacent to an activating group) is 1. The van der Waals surface area contributed by atoms with Gasteiger partial charge in [-0.25, -0.2) is 4.79 Å². The third-order valence-electron chi connectivity index (χ3n) is 15.5. The lowest BCUT2D eigenvalue weighted by Crippen LogP contribution is -2.65. The lowest BCUT2D eigenvalue weighted by Gasteiger charge is -2.56. The first-order chi connectivity index (χ1) is 26.7. The molecule has 0 unspecified atom stereocenters. The van der Waals surface area contributed by atoms with E-state index in [1.807, 2.05) is 12.3 Å². The number of carbonyl (C=O) groups is 1. The van der Waals surface area contributed by atoms with Crippen molar-refractivity contribution in [2.24, 2.45) is 24.3 Å². The van der Waals surface area contributed by atoms with Gasteiger partial charge in [0.25, 0.3) is 0 Å². The highest BCUT2D eigenvalue weighted by molar-refractivity contribution is 5.94. The molecule has 11 nitrogen and oxygen atoms in total. The van der Waals surface area contributed by atoms with Crippen LogP contribution in [0.5, 0.6) is 17.2 Å². The molecule has 8 aliphatic rings. The van der Waals surface area contributed by atoms with Crippen LogP contribution in [0.2, 0.25) is 0 Å². The minimum absolute atomic E-state index is 0.00923. The molecule has 10 atom stereocenters. The lowest BCUT2D eigenvalue weighted by molar-refractivity contribution is -0.137. The van der Waals surface area contributed by atoms with Crippen LogP contribution in [-0.2, 0) is 37.9 Å². The van der Waals surface area contributed by atoms with Gasteiger partial charge < -0.3 is 38.7 Å². The molecular weight excluding hydrogens is 697 g/mol. The van der Waals surface area contributed by atoms with E-state index in [4.69, 9.17) is 23.7 Å². The van der Waals surface area contributed by atoms with Gasteiger partial charge in [0.1, 0.15) is 6.10 Å². The minimum atomic E-state index is -0.604. The number of piperidine rings is 2. The van der Waals surface area contributed by atoms with Gasteiger partial charge >= 0.3 is 5.97 Å². The fourth-order valence-electron chi connectivity index (χ4n) is 13.2. The molecule has 1 spiro atoms. The molecule has 1 aliphatic carbocycles. The van der Waals surface area contributed by atoms with Crippen LogP contribution >= 0.6 is 0 Å². The first kappa shape index (κ1) is 33.9. The van der Waals surface area contributed by atoms with Gasteiger partial charge in [-0.3, -0.25) is 9.80 Å². The number of epoxide rings is 1. The third kappa shape index (κ3) is 4.09. The van der Waals surface area contributed by atoms with Crippen molar-refractivity contribution in [3.63, 3.8) is 0 Å². The molecule has 7 aliphatic heterocycles. The second kappa shape index (κ2) is 11.6. The number of fused-ring (bicyclic) bond motifs is 11. The number of rotatable bonds is 6. The van der Waals surface area contributed by atoms with E-state index in [2.05, 4.69) is 77.1 Å². The number of carbonyl (C=O) groups excluding carboxylic acids is 1. The summed E-state index contributed by atoms with van der Waals surface area (Å²) < 4.78 is 32.5. The van der Waals surface area contributed by atoms with Gasteiger partial charge in [-0.2, -0.15) is 0 Å². The van der Waals surface area contributed by atoms with E-state index in [1.165, 1.54) is 42.0 Å². The predicted octanol–water partition coefficient (Wildman–Crippen LogP) is 5.72. The molecule has 0 saturated carbocycles. The van der Waals surface area contributed by atoms with E-state index in [0.717, 1.165) is 55.8 Å². The van der Waals surface area contributed by atoms with Crippen LogP contribution in [0.3, 0.4) is 0 Å². The molecule has 8 heterocycles. The van der Waals surface area contributed by atoms with Gasteiger partial charge in [0.05, 0.1) is 69.1 Å². The normalized spacial score (nSPS) is 36.5. The molecule has 4 fully saturated rings. The summed E-state index contributed by atoms with van der Waals surface area (Å²) in [6.07, 6.45) is 11.0. The van der Waals surface area contributed by atoms with Gasteiger partial charge in [-0.15, -0.1) is 0 Å². The van der Waals surface area contributed by atoms with Crippen molar-refractivity contribution in [3.8, 4) is 17.2 Å². The Hall–Kier alpha value is -4.45. The summed E-state index contributed by atoms with van der Waals surface area (Å²) in [7, 11) is 9.12. The average Bonchev–Trinajstić information content (AvgIpc) is 3.71. The summed E-state index contributed by atoms with van der Waals surface area (Å²) in [5.74, 6) is 1.19. The number of hydrogen-bond acceptors (Lipinski definition) is 10. The zero-order valence-electron chi connectivity index (χ0n) is 32.4. The number of aromatic nitrogens is 1. The van der Waals surface area contributed by atoms with Gasteiger partial charge in [0, 0.05) is 59.3 Å². The Morgan fingerprint density at radius 3 is 2.75 bits per heavy atom. The number of nitrogens with zero attached hydrogens (tertiary/aromatic N) is 3. The van der Waals surface area contributed by atoms with E-state index >= 15 is 0 Å². The first-order valence-electron chi connectivity index (χ1n) is 20.0. The first-order valence-corrected chi connectivity index (χ1v) is 20.0. The van der Waals surface area contributed by atoms with E-state index in [9.17, 15) is 9.90 Å². The second-order valence-electron chi connectivity index (χ2n) is 17.2. The molecule has 288 valence electrons. The van der Waals surface area contributed by atoms with Crippen molar-refractivity contribution in [3.05, 3.63) is 82.4 Å². The van der Waals surface area contributed by atoms with E-state index in [-0.39, 0.29) is 47.2 Å². The van der Waals surface area contributed by atoms with Crippen LogP contribution in [-0.4, -0.2) is 97.3 Å². The molecule has 11 rings (SSSR count). The van der Waals surface area contributed by atoms with Gasteiger partial charge in [0.15, 0.2) is 11.5 Å². The Balaban J connectivity index is 0.978. The Kier molecular flexibility index (Phi) is 7.11. The van der Waals surface area contributed by atoms with E-state index in [0.29, 0.717) is 41.7 Å². The highest BCUT2D eigenvalue weighted by atomic mass is 16.6. The Morgan fingerprint density at radius 1 is 1.15 bits per heavy atom. The molecule has 55 heavy (non-hydrogen) atoms. The summed E-state index contributed by atoms with van der Waals surface area (Å²) in [5.41, 5.74) is 7.82. The minimum Gasteiger partial charge on any atom is -0.504 e. The zero-order chi connectivity index (χ0) is 37.7. The number of benzene rings is 2. The molecule has 2 N–H and O–H groups in total. The van der Waals surface area contributed by atoms with Crippen LogP contribution < -0.4 is 14.8 Å². The maximum absolute atomic E-state index is 13.7. The van der Waals surface area contributed by atoms with Crippen molar-refractivity contribution in [1.29, 1.82) is 0 Å². The molecule has 2 bridgehead atoms. The Morgan fingerprint density at radius 2 is 1.96 bits per heavy atom. The molecule has 1 aromatic heterocycles. The molecule has 3 aromatic rings. The molecule has 0 amide bonds. The largest absolute Gasteiger partial charge is 0.504 e. The number of phenolic OH excluding ortho intramolecular Hbond substituents is 1. The number of hydrogen-bond donors (Lipinski definition) is 2. The van der Waals surface area contributed by atoms with E-state index in [1.54, 1.807) is 7.11 Å². The number of anilines is 1.